The molecular weight excluding hydrogens is 242 g/mol. The van der Waals surface area contributed by atoms with Crippen molar-refractivity contribution in [3.8, 4) is 11.3 Å². The van der Waals surface area contributed by atoms with E-state index < -0.39 is 0 Å². The van der Waals surface area contributed by atoms with E-state index >= 15 is 0 Å². The van der Waals surface area contributed by atoms with E-state index in [4.69, 9.17) is 5.73 Å². The summed E-state index contributed by atoms with van der Waals surface area (Å²) in [5.74, 6) is 0.731. The Bertz CT molecular complexity index is 612. The smallest absolute Gasteiger partial charge is 0.222 e. The van der Waals surface area contributed by atoms with Gasteiger partial charge in [0.1, 0.15) is 5.82 Å². The Labute approximate surface area is 111 Å². The van der Waals surface area contributed by atoms with Crippen molar-refractivity contribution in [2.24, 2.45) is 0 Å². The summed E-state index contributed by atoms with van der Waals surface area (Å²) in [4.78, 5) is 19.3. The summed E-state index contributed by atoms with van der Waals surface area (Å²) in [6, 6.07) is 9.19. The van der Waals surface area contributed by atoms with Crippen LogP contribution in [0.5, 0.6) is 0 Å². The number of benzene rings is 1. The molecule has 0 atom stereocenters. The Kier molecular flexibility index (Phi) is 3.61. The molecule has 2 aromatic rings. The van der Waals surface area contributed by atoms with Gasteiger partial charge in [-0.3, -0.25) is 4.79 Å². The fourth-order valence-electron chi connectivity index (χ4n) is 1.70. The standard InChI is InChI=1S/C13H15N5O/c1-8(19)16-10-5-3-4-9(6-10)11-7-12(15-2)18-13(14)17-11/h3-7H,1-2H3,(H,16,19)(H3,14,15,17,18). The zero-order valence-corrected chi connectivity index (χ0v) is 10.8. The Morgan fingerprint density at radius 1 is 1.26 bits per heavy atom. The number of amides is 1. The lowest BCUT2D eigenvalue weighted by Crippen LogP contribution is -2.05. The molecule has 1 aromatic heterocycles. The van der Waals surface area contributed by atoms with E-state index in [0.717, 1.165) is 5.56 Å². The van der Waals surface area contributed by atoms with Gasteiger partial charge in [0.15, 0.2) is 0 Å². The van der Waals surface area contributed by atoms with Crippen molar-refractivity contribution in [1.29, 1.82) is 0 Å². The average molecular weight is 257 g/mol. The molecule has 0 bridgehead atoms. The fourth-order valence-corrected chi connectivity index (χ4v) is 1.70. The molecule has 2 rings (SSSR count). The third kappa shape index (κ3) is 3.19. The number of hydrogen-bond donors (Lipinski definition) is 3. The minimum Gasteiger partial charge on any atom is -0.373 e. The maximum absolute atomic E-state index is 11.0. The van der Waals surface area contributed by atoms with Crippen LogP contribution in [-0.2, 0) is 4.79 Å². The van der Waals surface area contributed by atoms with Gasteiger partial charge in [0.2, 0.25) is 11.9 Å². The van der Waals surface area contributed by atoms with E-state index in [-0.39, 0.29) is 11.9 Å². The van der Waals surface area contributed by atoms with Gasteiger partial charge >= 0.3 is 0 Å². The van der Waals surface area contributed by atoms with Crippen LogP contribution in [0.4, 0.5) is 17.5 Å². The SMILES string of the molecule is CNc1cc(-c2cccc(NC(C)=O)c2)nc(N)n1. The number of rotatable bonds is 3. The minimum atomic E-state index is -0.115. The Hall–Kier alpha value is -2.63. The van der Waals surface area contributed by atoms with E-state index in [0.29, 0.717) is 17.2 Å². The maximum Gasteiger partial charge on any atom is 0.222 e. The number of nitrogens with one attached hydrogen (secondary N) is 2. The van der Waals surface area contributed by atoms with Crippen molar-refractivity contribution < 1.29 is 4.79 Å². The average Bonchev–Trinajstić information content (AvgIpc) is 2.37. The molecule has 0 saturated carbocycles. The summed E-state index contributed by atoms with van der Waals surface area (Å²) in [5, 5.41) is 5.65. The number of nitrogens with two attached hydrogens (primary N) is 1. The number of nitrogen functional groups attached to an aromatic ring is 1. The Balaban J connectivity index is 2.41. The molecule has 1 aromatic carbocycles. The second-order valence-electron chi connectivity index (χ2n) is 4.01. The predicted octanol–water partition coefficient (Wildman–Crippen LogP) is 1.73. The van der Waals surface area contributed by atoms with Gasteiger partial charge in [-0.05, 0) is 12.1 Å². The van der Waals surface area contributed by atoms with Crippen LogP contribution < -0.4 is 16.4 Å². The first-order chi connectivity index (χ1) is 9.08. The molecule has 0 aliphatic rings. The van der Waals surface area contributed by atoms with Gasteiger partial charge in [0.25, 0.3) is 0 Å². The summed E-state index contributed by atoms with van der Waals surface area (Å²) < 4.78 is 0. The highest BCUT2D eigenvalue weighted by molar-refractivity contribution is 5.89. The van der Waals surface area contributed by atoms with Crippen LogP contribution in [-0.4, -0.2) is 22.9 Å². The highest BCUT2D eigenvalue weighted by Crippen LogP contribution is 2.23. The van der Waals surface area contributed by atoms with E-state index in [9.17, 15) is 4.79 Å². The first kappa shape index (κ1) is 12.8. The molecule has 6 heteroatoms. The molecule has 0 unspecified atom stereocenters. The Morgan fingerprint density at radius 3 is 2.74 bits per heavy atom. The van der Waals surface area contributed by atoms with E-state index in [1.54, 1.807) is 13.1 Å². The second-order valence-corrected chi connectivity index (χ2v) is 4.01. The zero-order valence-electron chi connectivity index (χ0n) is 10.8. The van der Waals surface area contributed by atoms with Gasteiger partial charge in [-0.25, -0.2) is 4.98 Å². The molecule has 1 heterocycles. The zero-order chi connectivity index (χ0) is 13.8. The lowest BCUT2D eigenvalue weighted by molar-refractivity contribution is -0.114. The van der Waals surface area contributed by atoms with Crippen LogP contribution in [0.1, 0.15) is 6.92 Å². The first-order valence-corrected chi connectivity index (χ1v) is 5.79. The van der Waals surface area contributed by atoms with Crippen LogP contribution in [0, 0.1) is 0 Å². The number of carbonyl (C=O) groups excluding carboxylic acids is 1. The molecule has 0 spiro atoms. The molecule has 19 heavy (non-hydrogen) atoms. The number of carbonyl (C=O) groups is 1. The second kappa shape index (κ2) is 5.34. The molecule has 6 nitrogen and oxygen atoms in total. The largest absolute Gasteiger partial charge is 0.373 e. The molecule has 0 radical (unpaired) electrons. The normalized spacial score (nSPS) is 10.0. The van der Waals surface area contributed by atoms with Crippen LogP contribution in [0.3, 0.4) is 0 Å². The van der Waals surface area contributed by atoms with Gasteiger partial charge in [-0.2, -0.15) is 4.98 Å². The van der Waals surface area contributed by atoms with Gasteiger partial charge in [0.05, 0.1) is 5.69 Å². The van der Waals surface area contributed by atoms with E-state index in [1.165, 1.54) is 6.92 Å². The molecule has 1 amide bonds. The molecule has 0 aliphatic heterocycles. The number of aromatic nitrogens is 2. The van der Waals surface area contributed by atoms with Gasteiger partial charge in [-0.1, -0.05) is 12.1 Å². The van der Waals surface area contributed by atoms with Crippen molar-refractivity contribution in [2.45, 2.75) is 6.92 Å². The lowest BCUT2D eigenvalue weighted by atomic mass is 10.1. The lowest BCUT2D eigenvalue weighted by Gasteiger charge is -2.07. The van der Waals surface area contributed by atoms with Crippen LogP contribution >= 0.6 is 0 Å². The number of nitrogens with zero attached hydrogens (tertiary/aromatic N) is 2. The van der Waals surface area contributed by atoms with Gasteiger partial charge < -0.3 is 16.4 Å². The predicted molar refractivity (Wildman–Crippen MR) is 75.7 cm³/mol. The van der Waals surface area contributed by atoms with Crippen LogP contribution in [0.25, 0.3) is 11.3 Å². The van der Waals surface area contributed by atoms with Crippen molar-refractivity contribution in [3.05, 3.63) is 30.3 Å². The topological polar surface area (TPSA) is 92.9 Å². The van der Waals surface area contributed by atoms with Crippen molar-refractivity contribution >= 4 is 23.4 Å². The summed E-state index contributed by atoms with van der Waals surface area (Å²) in [5.41, 5.74) is 7.93. The number of hydrogen-bond acceptors (Lipinski definition) is 5. The van der Waals surface area contributed by atoms with Crippen LogP contribution in [0.15, 0.2) is 30.3 Å². The molecule has 0 fully saturated rings. The van der Waals surface area contributed by atoms with Crippen molar-refractivity contribution in [3.63, 3.8) is 0 Å². The quantitative estimate of drug-likeness (QED) is 0.778. The third-order valence-electron chi connectivity index (χ3n) is 2.48. The van der Waals surface area contributed by atoms with Gasteiger partial charge in [0, 0.05) is 31.3 Å². The molecule has 0 aliphatic carbocycles. The highest BCUT2D eigenvalue weighted by Gasteiger charge is 2.05. The van der Waals surface area contributed by atoms with Gasteiger partial charge in [-0.15, -0.1) is 0 Å². The Morgan fingerprint density at radius 2 is 2.05 bits per heavy atom. The number of anilines is 3. The van der Waals surface area contributed by atoms with E-state index in [2.05, 4.69) is 20.6 Å². The third-order valence-corrected chi connectivity index (χ3v) is 2.48. The summed E-state index contributed by atoms with van der Waals surface area (Å²) in [6.07, 6.45) is 0. The fraction of sp³-hybridized carbons (Fsp3) is 0.154. The minimum absolute atomic E-state index is 0.115. The summed E-state index contributed by atoms with van der Waals surface area (Å²) in [7, 11) is 1.76. The summed E-state index contributed by atoms with van der Waals surface area (Å²) in [6.45, 7) is 1.47. The highest BCUT2D eigenvalue weighted by atomic mass is 16.1. The van der Waals surface area contributed by atoms with Crippen molar-refractivity contribution in [1.82, 2.24) is 9.97 Å². The summed E-state index contributed by atoms with van der Waals surface area (Å²) >= 11 is 0. The monoisotopic (exact) mass is 257 g/mol. The van der Waals surface area contributed by atoms with Crippen LogP contribution in [0.2, 0.25) is 0 Å². The van der Waals surface area contributed by atoms with E-state index in [1.807, 2.05) is 24.3 Å². The first-order valence-electron chi connectivity index (χ1n) is 5.79. The maximum atomic E-state index is 11.0. The molecule has 98 valence electrons. The molecule has 4 N–H and O–H groups in total. The molecular formula is C13H15N5O. The molecule has 0 saturated heterocycles. The van der Waals surface area contributed by atoms with Crippen molar-refractivity contribution in [2.75, 3.05) is 23.4 Å².